The van der Waals surface area contributed by atoms with Crippen molar-refractivity contribution in [3.8, 4) is 17.6 Å². The van der Waals surface area contributed by atoms with Gasteiger partial charge in [-0.2, -0.15) is 0 Å². The first-order valence-electron chi connectivity index (χ1n) is 7.19. The Bertz CT molecular complexity index is 692. The fourth-order valence-electron chi connectivity index (χ4n) is 2.74. The van der Waals surface area contributed by atoms with Crippen LogP contribution in [0.4, 0.5) is 4.39 Å². The van der Waals surface area contributed by atoms with Crippen molar-refractivity contribution in [2.75, 3.05) is 14.2 Å². The van der Waals surface area contributed by atoms with Gasteiger partial charge in [0.2, 0.25) is 0 Å². The Balaban J connectivity index is 2.64. The van der Waals surface area contributed by atoms with Crippen LogP contribution in [0.1, 0.15) is 37.8 Å². The van der Waals surface area contributed by atoms with Crippen molar-refractivity contribution < 1.29 is 18.7 Å². The van der Waals surface area contributed by atoms with Gasteiger partial charge in [0.15, 0.2) is 5.78 Å². The molecule has 0 aliphatic heterocycles. The van der Waals surface area contributed by atoms with E-state index in [0.717, 1.165) is 0 Å². The average Bonchev–Trinajstić information content (AvgIpc) is 2.83. The molecule has 116 valence electrons. The Hall–Kier alpha value is -2.28. The third kappa shape index (κ3) is 2.71. The standard InChI is InChI=1S/C18H19FO3/c1-5-7-11-8-13(19)16(14(9-11)21-3)17-15(22-4)10-12(6-2)18(17)20/h8-9,12H,6,10H2,1-4H3. The minimum absolute atomic E-state index is 0.0918. The predicted octanol–water partition coefficient (Wildman–Crippen LogP) is 3.56. The van der Waals surface area contributed by atoms with E-state index in [0.29, 0.717) is 35.5 Å². The summed E-state index contributed by atoms with van der Waals surface area (Å²) in [6.07, 6.45) is 1.19. The molecular formula is C18H19FO3. The molecule has 0 bridgehead atoms. The van der Waals surface area contributed by atoms with Gasteiger partial charge in [0.1, 0.15) is 17.3 Å². The molecule has 0 saturated carbocycles. The molecule has 22 heavy (non-hydrogen) atoms. The van der Waals surface area contributed by atoms with Crippen LogP contribution in [-0.4, -0.2) is 20.0 Å². The van der Waals surface area contributed by atoms with Crippen molar-refractivity contribution in [1.82, 2.24) is 0 Å². The minimum atomic E-state index is -0.522. The highest BCUT2D eigenvalue weighted by Gasteiger charge is 2.36. The summed E-state index contributed by atoms with van der Waals surface area (Å²) in [6.45, 7) is 3.61. The summed E-state index contributed by atoms with van der Waals surface area (Å²) in [6, 6.07) is 2.96. The number of hydrogen-bond donors (Lipinski definition) is 0. The molecule has 1 aromatic carbocycles. The van der Waals surface area contributed by atoms with E-state index < -0.39 is 5.82 Å². The van der Waals surface area contributed by atoms with Gasteiger partial charge in [0.05, 0.1) is 25.4 Å². The van der Waals surface area contributed by atoms with Crippen molar-refractivity contribution in [3.63, 3.8) is 0 Å². The van der Waals surface area contributed by atoms with Crippen LogP contribution in [0.15, 0.2) is 17.9 Å². The molecule has 0 fully saturated rings. The van der Waals surface area contributed by atoms with Gasteiger partial charge < -0.3 is 9.47 Å². The number of carbonyl (C=O) groups excluding carboxylic acids is 1. The molecule has 4 heteroatoms. The average molecular weight is 302 g/mol. The van der Waals surface area contributed by atoms with Crippen LogP contribution in [0.5, 0.6) is 5.75 Å². The second-order valence-corrected chi connectivity index (χ2v) is 5.09. The zero-order valence-corrected chi connectivity index (χ0v) is 13.2. The third-order valence-electron chi connectivity index (χ3n) is 3.86. The number of carbonyl (C=O) groups is 1. The van der Waals surface area contributed by atoms with Gasteiger partial charge in [-0.1, -0.05) is 12.8 Å². The number of methoxy groups -OCH3 is 2. The van der Waals surface area contributed by atoms with Crippen LogP contribution < -0.4 is 4.74 Å². The van der Waals surface area contributed by atoms with E-state index >= 15 is 0 Å². The number of Topliss-reactive ketones (excluding diaryl/α,β-unsaturated/α-hetero) is 1. The number of ketones is 1. The summed E-state index contributed by atoms with van der Waals surface area (Å²) in [5, 5.41) is 0. The molecule has 0 radical (unpaired) electrons. The van der Waals surface area contributed by atoms with Crippen LogP contribution in [0.25, 0.3) is 5.57 Å². The lowest BCUT2D eigenvalue weighted by atomic mass is 9.95. The maximum atomic E-state index is 14.6. The summed E-state index contributed by atoms with van der Waals surface area (Å²) in [5.74, 6) is 5.55. The third-order valence-corrected chi connectivity index (χ3v) is 3.86. The van der Waals surface area contributed by atoms with Gasteiger partial charge in [0.25, 0.3) is 0 Å². The van der Waals surface area contributed by atoms with Crippen LogP contribution >= 0.6 is 0 Å². The van der Waals surface area contributed by atoms with Crippen LogP contribution in [0, 0.1) is 23.6 Å². The van der Waals surface area contributed by atoms with Gasteiger partial charge in [-0.25, -0.2) is 4.39 Å². The van der Waals surface area contributed by atoms with E-state index in [9.17, 15) is 9.18 Å². The molecule has 0 N–H and O–H groups in total. The van der Waals surface area contributed by atoms with Gasteiger partial charge >= 0.3 is 0 Å². The van der Waals surface area contributed by atoms with E-state index in [-0.39, 0.29) is 17.3 Å². The van der Waals surface area contributed by atoms with Crippen molar-refractivity contribution in [1.29, 1.82) is 0 Å². The first kappa shape index (κ1) is 16.1. The van der Waals surface area contributed by atoms with Crippen molar-refractivity contribution >= 4 is 11.4 Å². The molecular weight excluding hydrogens is 283 g/mol. The molecule has 0 spiro atoms. The number of benzene rings is 1. The van der Waals surface area contributed by atoms with E-state index in [1.807, 2.05) is 6.92 Å². The molecule has 1 aliphatic carbocycles. The van der Waals surface area contributed by atoms with Crippen molar-refractivity contribution in [3.05, 3.63) is 34.8 Å². The summed E-state index contributed by atoms with van der Waals surface area (Å²) < 4.78 is 25.2. The van der Waals surface area contributed by atoms with Gasteiger partial charge in [-0.15, -0.1) is 5.92 Å². The first-order valence-corrected chi connectivity index (χ1v) is 7.19. The quantitative estimate of drug-likeness (QED) is 0.798. The molecule has 0 amide bonds. The zero-order valence-electron chi connectivity index (χ0n) is 13.2. The Kier molecular flexibility index (Phi) is 4.87. The summed E-state index contributed by atoms with van der Waals surface area (Å²) in [7, 11) is 2.95. The number of ether oxygens (including phenoxy) is 2. The lowest BCUT2D eigenvalue weighted by molar-refractivity contribution is -0.116. The first-order chi connectivity index (χ1) is 10.6. The van der Waals surface area contributed by atoms with Crippen molar-refractivity contribution in [2.24, 2.45) is 5.92 Å². The largest absolute Gasteiger partial charge is 0.500 e. The number of halogens is 1. The number of allylic oxidation sites excluding steroid dienone is 2. The van der Waals surface area contributed by atoms with Gasteiger partial charge in [-0.05, 0) is 25.5 Å². The summed E-state index contributed by atoms with van der Waals surface area (Å²) in [5.41, 5.74) is 0.972. The molecule has 3 nitrogen and oxygen atoms in total. The lowest BCUT2D eigenvalue weighted by Gasteiger charge is -2.13. The highest BCUT2D eigenvalue weighted by molar-refractivity contribution is 6.25. The lowest BCUT2D eigenvalue weighted by Crippen LogP contribution is -2.10. The second-order valence-electron chi connectivity index (χ2n) is 5.09. The Morgan fingerprint density at radius 2 is 2.05 bits per heavy atom. The summed E-state index contributed by atoms with van der Waals surface area (Å²) >= 11 is 0. The van der Waals surface area contributed by atoms with E-state index in [1.165, 1.54) is 20.3 Å². The predicted molar refractivity (Wildman–Crippen MR) is 82.8 cm³/mol. The molecule has 0 heterocycles. The SMILES string of the molecule is CC#Cc1cc(F)c(C2=C(OC)CC(CC)C2=O)c(OC)c1. The second kappa shape index (κ2) is 6.65. The Morgan fingerprint density at radius 1 is 1.32 bits per heavy atom. The van der Waals surface area contributed by atoms with E-state index in [2.05, 4.69) is 11.8 Å². The summed E-state index contributed by atoms with van der Waals surface area (Å²) in [4.78, 5) is 12.5. The normalized spacial score (nSPS) is 17.3. The Morgan fingerprint density at radius 3 is 2.59 bits per heavy atom. The molecule has 1 aromatic rings. The topological polar surface area (TPSA) is 35.5 Å². The number of hydrogen-bond acceptors (Lipinski definition) is 3. The van der Waals surface area contributed by atoms with Crippen LogP contribution in [-0.2, 0) is 9.53 Å². The maximum absolute atomic E-state index is 14.6. The molecule has 2 rings (SSSR count). The fourth-order valence-corrected chi connectivity index (χ4v) is 2.74. The van der Waals surface area contributed by atoms with E-state index in [4.69, 9.17) is 9.47 Å². The zero-order chi connectivity index (χ0) is 16.3. The molecule has 0 saturated heterocycles. The molecule has 1 atom stereocenters. The monoisotopic (exact) mass is 302 g/mol. The van der Waals surface area contributed by atoms with E-state index in [1.54, 1.807) is 13.0 Å². The molecule has 1 unspecified atom stereocenters. The fraction of sp³-hybridized carbons (Fsp3) is 0.389. The van der Waals surface area contributed by atoms with Crippen molar-refractivity contribution in [2.45, 2.75) is 26.7 Å². The smallest absolute Gasteiger partial charge is 0.170 e. The van der Waals surface area contributed by atoms with Crippen LogP contribution in [0.3, 0.4) is 0 Å². The van der Waals surface area contributed by atoms with Gasteiger partial charge in [-0.3, -0.25) is 4.79 Å². The highest BCUT2D eigenvalue weighted by Crippen LogP contribution is 2.41. The molecule has 0 aromatic heterocycles. The number of rotatable bonds is 4. The maximum Gasteiger partial charge on any atom is 0.170 e. The Labute approximate surface area is 130 Å². The highest BCUT2D eigenvalue weighted by atomic mass is 19.1. The van der Waals surface area contributed by atoms with Gasteiger partial charge in [0, 0.05) is 17.9 Å². The van der Waals surface area contributed by atoms with Crippen LogP contribution in [0.2, 0.25) is 0 Å². The molecule has 1 aliphatic rings. The minimum Gasteiger partial charge on any atom is -0.500 e.